The van der Waals surface area contributed by atoms with Crippen molar-refractivity contribution in [2.24, 2.45) is 0 Å². The number of hydrogen-bond donors (Lipinski definition) is 1. The van der Waals surface area contributed by atoms with Crippen LogP contribution in [0.3, 0.4) is 0 Å². The van der Waals surface area contributed by atoms with Crippen molar-refractivity contribution in [1.29, 1.82) is 0 Å². The molecule has 0 aliphatic carbocycles. The van der Waals surface area contributed by atoms with Crippen LogP contribution >= 0.6 is 15.9 Å². The number of anilines is 1. The Balaban J connectivity index is 2.71. The third-order valence-corrected chi connectivity index (χ3v) is 1.49. The first kappa shape index (κ1) is 8.49. The van der Waals surface area contributed by atoms with Crippen LogP contribution in [0.1, 0.15) is 0 Å². The SMILES string of the molecule is CN(C)Nc1cncc(Br)c1. The lowest BCUT2D eigenvalue weighted by Gasteiger charge is -2.12. The van der Waals surface area contributed by atoms with E-state index in [0.717, 1.165) is 10.2 Å². The number of halogens is 1. The molecular formula is C7H10BrN3. The predicted octanol–water partition coefficient (Wildman–Crippen LogP) is 1.73. The third kappa shape index (κ3) is 2.86. The molecule has 0 spiro atoms. The van der Waals surface area contributed by atoms with E-state index < -0.39 is 0 Å². The van der Waals surface area contributed by atoms with Gasteiger partial charge in [-0.1, -0.05) is 0 Å². The first-order chi connectivity index (χ1) is 5.18. The van der Waals surface area contributed by atoms with Crippen molar-refractivity contribution in [3.8, 4) is 0 Å². The van der Waals surface area contributed by atoms with Crippen LogP contribution in [0.5, 0.6) is 0 Å². The van der Waals surface area contributed by atoms with E-state index >= 15 is 0 Å². The van der Waals surface area contributed by atoms with Crippen LogP contribution in [-0.4, -0.2) is 24.1 Å². The van der Waals surface area contributed by atoms with Crippen LogP contribution in [0.15, 0.2) is 22.9 Å². The molecule has 0 aliphatic rings. The Hall–Kier alpha value is -0.610. The summed E-state index contributed by atoms with van der Waals surface area (Å²) in [6.07, 6.45) is 3.52. The third-order valence-electron chi connectivity index (χ3n) is 1.06. The minimum atomic E-state index is 0.976. The van der Waals surface area contributed by atoms with Gasteiger partial charge in [-0.25, -0.2) is 5.01 Å². The second-order valence-electron chi connectivity index (χ2n) is 2.40. The Morgan fingerprint density at radius 2 is 2.18 bits per heavy atom. The molecule has 0 atom stereocenters. The van der Waals surface area contributed by atoms with Crippen molar-refractivity contribution < 1.29 is 0 Å². The van der Waals surface area contributed by atoms with Gasteiger partial charge in [0.15, 0.2) is 0 Å². The molecule has 0 amide bonds. The highest BCUT2D eigenvalue weighted by Gasteiger charge is 1.93. The molecule has 0 saturated carbocycles. The molecule has 4 heteroatoms. The van der Waals surface area contributed by atoms with Crippen molar-refractivity contribution in [3.63, 3.8) is 0 Å². The zero-order valence-corrected chi connectivity index (χ0v) is 8.09. The van der Waals surface area contributed by atoms with E-state index in [0.29, 0.717) is 0 Å². The predicted molar refractivity (Wildman–Crippen MR) is 49.2 cm³/mol. The fourth-order valence-electron chi connectivity index (χ4n) is 0.731. The second kappa shape index (κ2) is 3.69. The highest BCUT2D eigenvalue weighted by molar-refractivity contribution is 9.10. The number of hydrogen-bond acceptors (Lipinski definition) is 3. The number of rotatable bonds is 2. The standard InChI is InChI=1S/C7H10BrN3/c1-11(2)10-7-3-6(8)4-9-5-7/h3-5,10H,1-2H3. The minimum absolute atomic E-state index is 0.976. The molecule has 3 nitrogen and oxygen atoms in total. The van der Waals surface area contributed by atoms with Crippen molar-refractivity contribution in [3.05, 3.63) is 22.9 Å². The maximum Gasteiger partial charge on any atom is 0.0684 e. The van der Waals surface area contributed by atoms with Crippen LogP contribution < -0.4 is 5.43 Å². The van der Waals surface area contributed by atoms with Gasteiger partial charge in [-0.05, 0) is 22.0 Å². The van der Waals surface area contributed by atoms with E-state index in [1.807, 2.05) is 25.2 Å². The Kier molecular flexibility index (Phi) is 2.84. The molecule has 1 aromatic rings. The lowest BCUT2D eigenvalue weighted by molar-refractivity contribution is 0.495. The normalized spacial score (nSPS) is 10.2. The van der Waals surface area contributed by atoms with Crippen molar-refractivity contribution in [2.75, 3.05) is 19.5 Å². The summed E-state index contributed by atoms with van der Waals surface area (Å²) < 4.78 is 0.976. The summed E-state index contributed by atoms with van der Waals surface area (Å²) in [5, 5.41) is 1.86. The first-order valence-electron chi connectivity index (χ1n) is 3.23. The van der Waals surface area contributed by atoms with Gasteiger partial charge in [-0.3, -0.25) is 4.98 Å². The highest BCUT2D eigenvalue weighted by Crippen LogP contribution is 2.13. The monoisotopic (exact) mass is 215 g/mol. The van der Waals surface area contributed by atoms with Gasteiger partial charge in [0.2, 0.25) is 0 Å². The maximum atomic E-state index is 4.00. The van der Waals surface area contributed by atoms with Crippen LogP contribution in [0, 0.1) is 0 Å². The van der Waals surface area contributed by atoms with Crippen molar-refractivity contribution in [2.45, 2.75) is 0 Å². The molecule has 1 N–H and O–H groups in total. The first-order valence-corrected chi connectivity index (χ1v) is 4.02. The van der Waals surface area contributed by atoms with E-state index in [4.69, 9.17) is 0 Å². The zero-order valence-electron chi connectivity index (χ0n) is 6.50. The van der Waals surface area contributed by atoms with Gasteiger partial charge < -0.3 is 5.43 Å². The smallest absolute Gasteiger partial charge is 0.0684 e. The average Bonchev–Trinajstić information content (AvgIpc) is 1.85. The molecule has 1 rings (SSSR count). The summed E-state index contributed by atoms with van der Waals surface area (Å²) >= 11 is 3.33. The molecule has 11 heavy (non-hydrogen) atoms. The van der Waals surface area contributed by atoms with E-state index in [9.17, 15) is 0 Å². The van der Waals surface area contributed by atoms with Gasteiger partial charge in [0, 0.05) is 24.8 Å². The summed E-state index contributed by atoms with van der Waals surface area (Å²) in [5.74, 6) is 0. The van der Waals surface area contributed by atoms with Crippen molar-refractivity contribution in [1.82, 2.24) is 9.99 Å². The molecule has 1 aromatic heterocycles. The molecule has 0 radical (unpaired) electrons. The topological polar surface area (TPSA) is 28.2 Å². The molecule has 0 fully saturated rings. The van der Waals surface area contributed by atoms with E-state index in [1.54, 1.807) is 12.4 Å². The van der Waals surface area contributed by atoms with Crippen LogP contribution in [-0.2, 0) is 0 Å². The molecule has 0 aliphatic heterocycles. The van der Waals surface area contributed by atoms with Crippen LogP contribution in [0.25, 0.3) is 0 Å². The summed E-state index contributed by atoms with van der Waals surface area (Å²) in [4.78, 5) is 4.00. The molecule has 0 aromatic carbocycles. The fourth-order valence-corrected chi connectivity index (χ4v) is 1.10. The molecule has 0 bridgehead atoms. The molecular weight excluding hydrogens is 206 g/mol. The Bertz CT molecular complexity index is 237. The van der Waals surface area contributed by atoms with Gasteiger partial charge >= 0.3 is 0 Å². The highest BCUT2D eigenvalue weighted by atomic mass is 79.9. The van der Waals surface area contributed by atoms with Gasteiger partial charge in [0.05, 0.1) is 11.9 Å². The number of nitrogens with zero attached hydrogens (tertiary/aromatic N) is 2. The molecule has 0 unspecified atom stereocenters. The summed E-state index contributed by atoms with van der Waals surface area (Å²) in [6.45, 7) is 0. The van der Waals surface area contributed by atoms with E-state index in [1.165, 1.54) is 0 Å². The Labute approximate surface area is 74.5 Å². The lowest BCUT2D eigenvalue weighted by atomic mass is 10.4. The number of pyridine rings is 1. The minimum Gasteiger partial charge on any atom is -0.318 e. The zero-order chi connectivity index (χ0) is 8.27. The number of nitrogens with one attached hydrogen (secondary N) is 1. The average molecular weight is 216 g/mol. The molecule has 60 valence electrons. The quantitative estimate of drug-likeness (QED) is 0.763. The second-order valence-corrected chi connectivity index (χ2v) is 3.31. The van der Waals surface area contributed by atoms with Crippen LogP contribution in [0.2, 0.25) is 0 Å². The van der Waals surface area contributed by atoms with Gasteiger partial charge in [-0.2, -0.15) is 0 Å². The van der Waals surface area contributed by atoms with Crippen LogP contribution in [0.4, 0.5) is 5.69 Å². The lowest BCUT2D eigenvalue weighted by Crippen LogP contribution is -2.19. The summed E-state index contributed by atoms with van der Waals surface area (Å²) in [7, 11) is 3.86. The molecule has 1 heterocycles. The Morgan fingerprint density at radius 1 is 1.45 bits per heavy atom. The van der Waals surface area contributed by atoms with E-state index in [2.05, 4.69) is 26.3 Å². The van der Waals surface area contributed by atoms with Crippen molar-refractivity contribution >= 4 is 21.6 Å². The number of aromatic nitrogens is 1. The molecule has 0 saturated heterocycles. The van der Waals surface area contributed by atoms with Gasteiger partial charge in [-0.15, -0.1) is 0 Å². The van der Waals surface area contributed by atoms with E-state index in [-0.39, 0.29) is 0 Å². The Morgan fingerprint density at radius 3 is 2.73 bits per heavy atom. The summed E-state index contributed by atoms with van der Waals surface area (Å²) in [6, 6.07) is 1.97. The largest absolute Gasteiger partial charge is 0.318 e. The van der Waals surface area contributed by atoms with Gasteiger partial charge in [0.25, 0.3) is 0 Å². The maximum absolute atomic E-state index is 4.00. The summed E-state index contributed by atoms with van der Waals surface area (Å²) in [5.41, 5.74) is 4.06. The fraction of sp³-hybridized carbons (Fsp3) is 0.286. The van der Waals surface area contributed by atoms with Gasteiger partial charge in [0.1, 0.15) is 0 Å². The number of hydrazine groups is 1.